The Morgan fingerprint density at radius 3 is 2.91 bits per heavy atom. The standard InChI is InChI=1S/C10H17B/c1-9(11)10-7-5-3-2-4-6-8-10/h9-10H,2-5,7,11H2,1H3. The van der Waals surface area contributed by atoms with Gasteiger partial charge in [0.1, 0.15) is 7.85 Å². The average molecular weight is 148 g/mol. The highest BCUT2D eigenvalue weighted by atomic mass is 14.1. The van der Waals surface area contributed by atoms with Crippen LogP contribution in [0.15, 0.2) is 0 Å². The molecule has 0 saturated carbocycles. The second kappa shape index (κ2) is 4.49. The largest absolute Gasteiger partial charge is 0.106 e. The molecule has 1 aliphatic carbocycles. The molecule has 1 rings (SSSR count). The van der Waals surface area contributed by atoms with Crippen LogP contribution in [0.3, 0.4) is 0 Å². The van der Waals surface area contributed by atoms with Crippen LogP contribution in [0.4, 0.5) is 0 Å². The van der Waals surface area contributed by atoms with Crippen LogP contribution in [0.2, 0.25) is 5.82 Å². The van der Waals surface area contributed by atoms with Crippen molar-refractivity contribution >= 4 is 7.85 Å². The van der Waals surface area contributed by atoms with Crippen molar-refractivity contribution in [1.29, 1.82) is 0 Å². The summed E-state index contributed by atoms with van der Waals surface area (Å²) in [7, 11) is 2.28. The van der Waals surface area contributed by atoms with Crippen LogP contribution < -0.4 is 0 Å². The van der Waals surface area contributed by atoms with E-state index in [0.29, 0.717) is 5.92 Å². The molecule has 0 heterocycles. The molecular formula is C10H17B. The molecule has 2 atom stereocenters. The average Bonchev–Trinajstić information content (AvgIpc) is 1.84. The van der Waals surface area contributed by atoms with Gasteiger partial charge in [-0.25, -0.2) is 0 Å². The molecule has 0 saturated heterocycles. The smallest absolute Gasteiger partial charge is 0.103 e. The zero-order valence-electron chi connectivity index (χ0n) is 7.69. The minimum Gasteiger partial charge on any atom is -0.103 e. The molecule has 0 N–H and O–H groups in total. The minimum atomic E-state index is 0.676. The third-order valence-electron chi connectivity index (χ3n) is 2.41. The third-order valence-corrected chi connectivity index (χ3v) is 2.41. The molecule has 2 unspecified atom stereocenters. The highest BCUT2D eigenvalue weighted by molar-refractivity contribution is 6.11. The van der Waals surface area contributed by atoms with Crippen LogP contribution in [0.1, 0.15) is 39.0 Å². The van der Waals surface area contributed by atoms with E-state index in [2.05, 4.69) is 26.6 Å². The summed E-state index contributed by atoms with van der Waals surface area (Å²) in [6.45, 7) is 2.28. The fourth-order valence-electron chi connectivity index (χ4n) is 1.53. The van der Waals surface area contributed by atoms with Crippen LogP contribution in [-0.2, 0) is 0 Å². The lowest BCUT2D eigenvalue weighted by molar-refractivity contribution is 0.528. The van der Waals surface area contributed by atoms with Crippen molar-refractivity contribution in [2.45, 2.75) is 44.8 Å². The predicted octanol–water partition coefficient (Wildman–Crippen LogP) is 2.01. The maximum Gasteiger partial charge on any atom is 0.106 e. The van der Waals surface area contributed by atoms with E-state index < -0.39 is 0 Å². The summed E-state index contributed by atoms with van der Waals surface area (Å²) in [6, 6.07) is 0. The normalized spacial score (nSPS) is 27.5. The van der Waals surface area contributed by atoms with Crippen molar-refractivity contribution in [2.24, 2.45) is 5.92 Å². The summed E-state index contributed by atoms with van der Waals surface area (Å²) >= 11 is 0. The van der Waals surface area contributed by atoms with Gasteiger partial charge in [0, 0.05) is 12.3 Å². The number of hydrogen-bond acceptors (Lipinski definition) is 0. The van der Waals surface area contributed by atoms with Gasteiger partial charge in [0.15, 0.2) is 0 Å². The van der Waals surface area contributed by atoms with E-state index in [0.717, 1.165) is 12.2 Å². The molecule has 0 fully saturated rings. The van der Waals surface area contributed by atoms with Gasteiger partial charge in [0.25, 0.3) is 0 Å². The molecule has 1 aliphatic rings. The first-order valence-electron chi connectivity index (χ1n) is 4.79. The first-order chi connectivity index (χ1) is 5.30. The Morgan fingerprint density at radius 1 is 1.36 bits per heavy atom. The SMILES string of the molecule is BC(C)C1C#CCCCCC1. The Morgan fingerprint density at radius 2 is 2.18 bits per heavy atom. The molecule has 60 valence electrons. The van der Waals surface area contributed by atoms with Crippen molar-refractivity contribution in [3.05, 3.63) is 0 Å². The molecule has 0 amide bonds. The van der Waals surface area contributed by atoms with Crippen LogP contribution >= 0.6 is 0 Å². The van der Waals surface area contributed by atoms with Crippen molar-refractivity contribution in [2.75, 3.05) is 0 Å². The highest BCUT2D eigenvalue weighted by Gasteiger charge is 2.10. The fraction of sp³-hybridized carbons (Fsp3) is 0.800. The van der Waals surface area contributed by atoms with Crippen LogP contribution in [-0.4, -0.2) is 7.85 Å². The molecule has 0 aromatic heterocycles. The highest BCUT2D eigenvalue weighted by Crippen LogP contribution is 2.21. The van der Waals surface area contributed by atoms with Crippen molar-refractivity contribution < 1.29 is 0 Å². The molecule has 11 heavy (non-hydrogen) atoms. The first-order valence-corrected chi connectivity index (χ1v) is 4.79. The summed E-state index contributed by atoms with van der Waals surface area (Å²) < 4.78 is 0. The summed E-state index contributed by atoms with van der Waals surface area (Å²) in [5.74, 6) is 8.07. The van der Waals surface area contributed by atoms with Crippen LogP contribution in [0.25, 0.3) is 0 Å². The Labute approximate surface area is 71.2 Å². The van der Waals surface area contributed by atoms with Crippen molar-refractivity contribution in [3.63, 3.8) is 0 Å². The molecule has 0 radical (unpaired) electrons. The van der Waals surface area contributed by atoms with Gasteiger partial charge < -0.3 is 0 Å². The van der Waals surface area contributed by atoms with E-state index in [1.807, 2.05) is 0 Å². The number of hydrogen-bond donors (Lipinski definition) is 0. The molecule has 0 aromatic carbocycles. The minimum absolute atomic E-state index is 0.676. The molecule has 0 aliphatic heterocycles. The second-order valence-corrected chi connectivity index (χ2v) is 3.77. The van der Waals surface area contributed by atoms with Gasteiger partial charge in [-0.1, -0.05) is 25.6 Å². The van der Waals surface area contributed by atoms with E-state index in [4.69, 9.17) is 0 Å². The molecule has 0 nitrogen and oxygen atoms in total. The topological polar surface area (TPSA) is 0 Å². The fourth-order valence-corrected chi connectivity index (χ4v) is 1.53. The van der Waals surface area contributed by atoms with Crippen LogP contribution in [0.5, 0.6) is 0 Å². The van der Waals surface area contributed by atoms with Gasteiger partial charge in [-0.3, -0.25) is 0 Å². The zero-order valence-corrected chi connectivity index (χ0v) is 7.69. The van der Waals surface area contributed by atoms with E-state index in [1.54, 1.807) is 0 Å². The maximum atomic E-state index is 3.37. The Bertz CT molecular complexity index is 161. The van der Waals surface area contributed by atoms with E-state index in [-0.39, 0.29) is 0 Å². The summed E-state index contributed by atoms with van der Waals surface area (Å²) in [5.41, 5.74) is 0. The van der Waals surface area contributed by atoms with Gasteiger partial charge in [0.05, 0.1) is 0 Å². The van der Waals surface area contributed by atoms with Gasteiger partial charge >= 0.3 is 0 Å². The molecule has 0 aromatic rings. The quantitative estimate of drug-likeness (QED) is 0.394. The summed E-state index contributed by atoms with van der Waals surface area (Å²) in [6.07, 6.45) is 6.54. The Balaban J connectivity index is 2.47. The van der Waals surface area contributed by atoms with E-state index in [9.17, 15) is 0 Å². The van der Waals surface area contributed by atoms with Gasteiger partial charge in [-0.05, 0) is 12.8 Å². The molecular weight excluding hydrogens is 131 g/mol. The summed E-state index contributed by atoms with van der Waals surface area (Å²) in [4.78, 5) is 0. The van der Waals surface area contributed by atoms with Gasteiger partial charge in [-0.15, -0.1) is 11.8 Å². The van der Waals surface area contributed by atoms with Crippen molar-refractivity contribution in [1.82, 2.24) is 0 Å². The third kappa shape index (κ3) is 3.01. The maximum absolute atomic E-state index is 3.37. The van der Waals surface area contributed by atoms with Crippen LogP contribution in [0, 0.1) is 17.8 Å². The van der Waals surface area contributed by atoms with Gasteiger partial charge in [-0.2, -0.15) is 0 Å². The first kappa shape index (κ1) is 8.72. The zero-order chi connectivity index (χ0) is 8.10. The lowest BCUT2D eigenvalue weighted by Gasteiger charge is -2.15. The number of rotatable bonds is 1. The van der Waals surface area contributed by atoms with E-state index >= 15 is 0 Å². The molecule has 1 heteroatoms. The monoisotopic (exact) mass is 148 g/mol. The van der Waals surface area contributed by atoms with E-state index in [1.165, 1.54) is 25.7 Å². The second-order valence-electron chi connectivity index (χ2n) is 3.77. The van der Waals surface area contributed by atoms with Gasteiger partial charge in [0.2, 0.25) is 0 Å². The Kier molecular flexibility index (Phi) is 3.56. The van der Waals surface area contributed by atoms with Crippen molar-refractivity contribution in [3.8, 4) is 11.8 Å². The lowest BCUT2D eigenvalue weighted by atomic mass is 9.75. The molecule has 0 spiro atoms. The Hall–Kier alpha value is -0.375. The molecule has 0 bridgehead atoms. The lowest BCUT2D eigenvalue weighted by Crippen LogP contribution is -2.05. The predicted molar refractivity (Wildman–Crippen MR) is 52.3 cm³/mol. The summed E-state index contributed by atoms with van der Waals surface area (Å²) in [5, 5.41) is 0.